The standard InChI is InChI=1S/C12H15N3O4/c1-12(4-2-3-5-12)14-10-9(11(16)17)6-8(7-13-10)15(18)19/h6-7H,2-5H2,1H3,(H,13,14)(H,16,17). The fraction of sp³-hybridized carbons (Fsp3) is 0.500. The van der Waals surface area contributed by atoms with Crippen molar-refractivity contribution in [1.82, 2.24) is 4.98 Å². The van der Waals surface area contributed by atoms with Crippen LogP contribution in [0.2, 0.25) is 0 Å². The second kappa shape index (κ2) is 4.83. The maximum atomic E-state index is 11.2. The van der Waals surface area contributed by atoms with Gasteiger partial charge < -0.3 is 10.4 Å². The maximum absolute atomic E-state index is 11.2. The van der Waals surface area contributed by atoms with Gasteiger partial charge in [-0.15, -0.1) is 0 Å². The van der Waals surface area contributed by atoms with Crippen LogP contribution >= 0.6 is 0 Å². The van der Waals surface area contributed by atoms with Crippen LogP contribution in [0.3, 0.4) is 0 Å². The van der Waals surface area contributed by atoms with Crippen LogP contribution in [-0.2, 0) is 0 Å². The third-order valence-electron chi connectivity index (χ3n) is 3.44. The van der Waals surface area contributed by atoms with Gasteiger partial charge in [0.2, 0.25) is 0 Å². The van der Waals surface area contributed by atoms with Crippen LogP contribution in [0, 0.1) is 10.1 Å². The monoisotopic (exact) mass is 265 g/mol. The van der Waals surface area contributed by atoms with Gasteiger partial charge in [0.05, 0.1) is 4.92 Å². The highest BCUT2D eigenvalue weighted by Gasteiger charge is 2.30. The van der Waals surface area contributed by atoms with E-state index in [1.165, 1.54) is 0 Å². The number of carboxylic acids is 1. The second-order valence-corrected chi connectivity index (χ2v) is 5.04. The van der Waals surface area contributed by atoms with Crippen molar-refractivity contribution < 1.29 is 14.8 Å². The first-order valence-electron chi connectivity index (χ1n) is 6.07. The molecule has 1 aliphatic rings. The Morgan fingerprint density at radius 1 is 1.53 bits per heavy atom. The molecule has 1 aliphatic carbocycles. The molecular weight excluding hydrogens is 250 g/mol. The topological polar surface area (TPSA) is 105 Å². The Bertz CT molecular complexity index is 524. The first-order chi connectivity index (χ1) is 8.91. The van der Waals surface area contributed by atoms with Crippen LogP contribution in [0.4, 0.5) is 11.5 Å². The molecule has 1 aromatic heterocycles. The van der Waals surface area contributed by atoms with Crippen LogP contribution in [0.1, 0.15) is 43.0 Å². The molecule has 19 heavy (non-hydrogen) atoms. The lowest BCUT2D eigenvalue weighted by Crippen LogP contribution is -2.32. The molecule has 0 amide bonds. The number of pyridine rings is 1. The van der Waals surface area contributed by atoms with Gasteiger partial charge in [-0.3, -0.25) is 10.1 Å². The molecule has 0 aromatic carbocycles. The molecule has 2 rings (SSSR count). The van der Waals surface area contributed by atoms with Crippen LogP contribution in [0.5, 0.6) is 0 Å². The van der Waals surface area contributed by atoms with Crippen LogP contribution in [0.15, 0.2) is 12.3 Å². The summed E-state index contributed by atoms with van der Waals surface area (Å²) < 4.78 is 0. The van der Waals surface area contributed by atoms with E-state index in [0.29, 0.717) is 0 Å². The summed E-state index contributed by atoms with van der Waals surface area (Å²) in [6.07, 6.45) is 5.11. The SMILES string of the molecule is CC1(Nc2ncc([N+](=O)[O-])cc2C(=O)O)CCCC1. The van der Waals surface area contributed by atoms with Crippen molar-refractivity contribution in [2.75, 3.05) is 5.32 Å². The Morgan fingerprint density at radius 2 is 2.16 bits per heavy atom. The Labute approximate surface area is 109 Å². The maximum Gasteiger partial charge on any atom is 0.339 e. The molecule has 0 bridgehead atoms. The Morgan fingerprint density at radius 3 is 2.68 bits per heavy atom. The number of nitrogens with one attached hydrogen (secondary N) is 1. The van der Waals surface area contributed by atoms with E-state index in [1.54, 1.807) is 0 Å². The Hall–Kier alpha value is -2.18. The Balaban J connectivity index is 2.34. The van der Waals surface area contributed by atoms with E-state index in [-0.39, 0.29) is 22.6 Å². The molecule has 2 N–H and O–H groups in total. The van der Waals surface area contributed by atoms with Crippen molar-refractivity contribution >= 4 is 17.5 Å². The summed E-state index contributed by atoms with van der Waals surface area (Å²) in [5.74, 6) is -1.03. The van der Waals surface area contributed by atoms with E-state index in [0.717, 1.165) is 37.9 Å². The highest BCUT2D eigenvalue weighted by molar-refractivity contribution is 5.93. The van der Waals surface area contributed by atoms with Gasteiger partial charge in [0.15, 0.2) is 0 Å². The summed E-state index contributed by atoms with van der Waals surface area (Å²) in [5, 5.41) is 22.9. The smallest absolute Gasteiger partial charge is 0.339 e. The number of rotatable bonds is 4. The first-order valence-corrected chi connectivity index (χ1v) is 6.07. The molecular formula is C12H15N3O4. The molecule has 0 unspecified atom stereocenters. The fourth-order valence-electron chi connectivity index (χ4n) is 2.38. The van der Waals surface area contributed by atoms with E-state index in [1.807, 2.05) is 6.92 Å². The molecule has 1 aromatic rings. The van der Waals surface area contributed by atoms with Gasteiger partial charge in [0, 0.05) is 11.6 Å². The molecule has 0 aliphatic heterocycles. The number of aromatic carboxylic acids is 1. The normalized spacial score (nSPS) is 17.1. The van der Waals surface area contributed by atoms with Gasteiger partial charge in [-0.2, -0.15) is 0 Å². The van der Waals surface area contributed by atoms with E-state index in [9.17, 15) is 14.9 Å². The number of aromatic nitrogens is 1. The average Bonchev–Trinajstić information content (AvgIpc) is 2.75. The van der Waals surface area contributed by atoms with Gasteiger partial charge >= 0.3 is 5.97 Å². The summed E-state index contributed by atoms with van der Waals surface area (Å²) in [6.45, 7) is 2.01. The van der Waals surface area contributed by atoms with E-state index >= 15 is 0 Å². The second-order valence-electron chi connectivity index (χ2n) is 5.04. The lowest BCUT2D eigenvalue weighted by Gasteiger charge is -2.26. The summed E-state index contributed by atoms with van der Waals surface area (Å²) in [6, 6.07) is 1.04. The number of nitro groups is 1. The minimum Gasteiger partial charge on any atom is -0.478 e. The van der Waals surface area contributed by atoms with Gasteiger partial charge in [-0.25, -0.2) is 9.78 Å². The number of anilines is 1. The van der Waals surface area contributed by atoms with E-state index < -0.39 is 10.9 Å². The molecule has 1 heterocycles. The molecule has 0 atom stereocenters. The molecule has 1 fully saturated rings. The van der Waals surface area contributed by atoms with Crippen molar-refractivity contribution in [3.05, 3.63) is 27.9 Å². The van der Waals surface area contributed by atoms with E-state index in [2.05, 4.69) is 10.3 Å². The van der Waals surface area contributed by atoms with Gasteiger partial charge in [0.25, 0.3) is 5.69 Å². The fourth-order valence-corrected chi connectivity index (χ4v) is 2.38. The number of carbonyl (C=O) groups is 1. The molecule has 0 radical (unpaired) electrons. The lowest BCUT2D eigenvalue weighted by molar-refractivity contribution is -0.385. The third kappa shape index (κ3) is 2.81. The molecule has 0 saturated heterocycles. The minimum atomic E-state index is -1.22. The van der Waals surface area contributed by atoms with Gasteiger partial charge in [-0.05, 0) is 19.8 Å². The zero-order valence-corrected chi connectivity index (χ0v) is 10.5. The Kier molecular flexibility index (Phi) is 3.37. The van der Waals surface area contributed by atoms with Crippen LogP contribution < -0.4 is 5.32 Å². The molecule has 7 heteroatoms. The number of hydrogen-bond donors (Lipinski definition) is 2. The molecule has 7 nitrogen and oxygen atoms in total. The minimum absolute atomic E-state index is 0.165. The van der Waals surface area contributed by atoms with Crippen molar-refractivity contribution in [2.45, 2.75) is 38.1 Å². The molecule has 1 saturated carbocycles. The predicted octanol–water partition coefficient (Wildman–Crippen LogP) is 2.43. The van der Waals surface area contributed by atoms with Gasteiger partial charge in [-0.1, -0.05) is 12.8 Å². The quantitative estimate of drug-likeness (QED) is 0.639. The van der Waals surface area contributed by atoms with Gasteiger partial charge in [0.1, 0.15) is 17.6 Å². The molecule has 0 spiro atoms. The lowest BCUT2D eigenvalue weighted by atomic mass is 10.0. The number of nitrogens with zero attached hydrogens (tertiary/aromatic N) is 2. The summed E-state index contributed by atoms with van der Waals surface area (Å²) in [7, 11) is 0. The summed E-state index contributed by atoms with van der Waals surface area (Å²) >= 11 is 0. The summed E-state index contributed by atoms with van der Waals surface area (Å²) in [4.78, 5) is 25.1. The highest BCUT2D eigenvalue weighted by atomic mass is 16.6. The first kappa shape index (κ1) is 13.3. The van der Waals surface area contributed by atoms with Crippen molar-refractivity contribution in [1.29, 1.82) is 0 Å². The molecule has 102 valence electrons. The highest BCUT2D eigenvalue weighted by Crippen LogP contribution is 2.33. The van der Waals surface area contributed by atoms with Crippen molar-refractivity contribution in [3.63, 3.8) is 0 Å². The summed E-state index contributed by atoms with van der Waals surface area (Å²) in [5.41, 5.74) is -0.672. The van der Waals surface area contributed by atoms with Crippen molar-refractivity contribution in [2.24, 2.45) is 0 Å². The zero-order chi connectivity index (χ0) is 14.0. The van der Waals surface area contributed by atoms with Crippen molar-refractivity contribution in [3.8, 4) is 0 Å². The van der Waals surface area contributed by atoms with Crippen LogP contribution in [-0.4, -0.2) is 26.5 Å². The van der Waals surface area contributed by atoms with E-state index in [4.69, 9.17) is 5.11 Å². The number of carboxylic acid groups (broad SMARTS) is 1. The predicted molar refractivity (Wildman–Crippen MR) is 68.3 cm³/mol. The number of hydrogen-bond acceptors (Lipinski definition) is 5. The largest absolute Gasteiger partial charge is 0.478 e. The average molecular weight is 265 g/mol. The van der Waals surface area contributed by atoms with Crippen LogP contribution in [0.25, 0.3) is 0 Å². The zero-order valence-electron chi connectivity index (χ0n) is 10.5. The third-order valence-corrected chi connectivity index (χ3v) is 3.44.